The number of methoxy groups -OCH3 is 1. The molecule has 1 heterocycles. The van der Waals surface area contributed by atoms with Gasteiger partial charge in [-0.1, -0.05) is 12.1 Å². The fourth-order valence-corrected chi connectivity index (χ4v) is 2.41. The fourth-order valence-electron chi connectivity index (χ4n) is 2.02. The molecule has 0 atom stereocenters. The Labute approximate surface area is 123 Å². The van der Waals surface area contributed by atoms with E-state index < -0.39 is 0 Å². The van der Waals surface area contributed by atoms with E-state index in [1.165, 1.54) is 0 Å². The molecule has 0 aliphatic carbocycles. The van der Waals surface area contributed by atoms with Gasteiger partial charge in [0, 0.05) is 16.0 Å². The zero-order valence-electron chi connectivity index (χ0n) is 11.2. The summed E-state index contributed by atoms with van der Waals surface area (Å²) in [5.74, 6) is 0.705. The SMILES string of the molecule is COc1cccc(-c2nc(C)c(C#N)c(S)c2CO)c1. The number of rotatable bonds is 3. The Kier molecular flexibility index (Phi) is 4.28. The van der Waals surface area contributed by atoms with Crippen LogP contribution in [0.1, 0.15) is 16.8 Å². The minimum Gasteiger partial charge on any atom is -0.497 e. The Bertz CT molecular complexity index is 693. The van der Waals surface area contributed by atoms with E-state index in [1.807, 2.05) is 24.3 Å². The molecule has 1 N–H and O–H groups in total. The predicted octanol–water partition coefficient (Wildman–Crippen LogP) is 2.72. The Morgan fingerprint density at radius 2 is 2.20 bits per heavy atom. The number of nitriles is 1. The molecule has 0 unspecified atom stereocenters. The van der Waals surface area contributed by atoms with Crippen molar-refractivity contribution in [2.24, 2.45) is 0 Å². The van der Waals surface area contributed by atoms with E-state index in [0.29, 0.717) is 33.2 Å². The van der Waals surface area contributed by atoms with Crippen molar-refractivity contribution < 1.29 is 9.84 Å². The minimum atomic E-state index is -0.229. The highest BCUT2D eigenvalue weighted by Crippen LogP contribution is 2.31. The Balaban J connectivity index is 2.71. The van der Waals surface area contributed by atoms with Gasteiger partial charge in [-0.15, -0.1) is 12.6 Å². The van der Waals surface area contributed by atoms with Crippen molar-refractivity contribution in [2.45, 2.75) is 18.4 Å². The number of pyridine rings is 1. The third-order valence-corrected chi connectivity index (χ3v) is 3.56. The van der Waals surface area contributed by atoms with Gasteiger partial charge in [0.25, 0.3) is 0 Å². The van der Waals surface area contributed by atoms with Crippen LogP contribution >= 0.6 is 12.6 Å². The molecule has 102 valence electrons. The summed E-state index contributed by atoms with van der Waals surface area (Å²) in [6, 6.07) is 9.46. The van der Waals surface area contributed by atoms with Gasteiger partial charge in [0.2, 0.25) is 0 Å². The minimum absolute atomic E-state index is 0.229. The lowest BCUT2D eigenvalue weighted by atomic mass is 10.0. The largest absolute Gasteiger partial charge is 0.497 e. The van der Waals surface area contributed by atoms with Gasteiger partial charge in [-0.3, -0.25) is 4.98 Å². The van der Waals surface area contributed by atoms with Crippen molar-refractivity contribution >= 4 is 12.6 Å². The average molecular weight is 286 g/mol. The van der Waals surface area contributed by atoms with E-state index >= 15 is 0 Å². The molecule has 1 aromatic carbocycles. The van der Waals surface area contributed by atoms with Crippen LogP contribution in [0.5, 0.6) is 5.75 Å². The zero-order valence-corrected chi connectivity index (χ0v) is 12.1. The number of thiol groups is 1. The first-order chi connectivity index (χ1) is 9.62. The Morgan fingerprint density at radius 3 is 2.80 bits per heavy atom. The van der Waals surface area contributed by atoms with Gasteiger partial charge in [-0.05, 0) is 19.1 Å². The van der Waals surface area contributed by atoms with Gasteiger partial charge in [0.05, 0.1) is 30.7 Å². The molecule has 0 fully saturated rings. The highest BCUT2D eigenvalue weighted by atomic mass is 32.1. The molecule has 0 saturated heterocycles. The number of aromatic nitrogens is 1. The van der Waals surface area contributed by atoms with Gasteiger partial charge >= 0.3 is 0 Å². The lowest BCUT2D eigenvalue weighted by Gasteiger charge is -2.13. The van der Waals surface area contributed by atoms with Crippen molar-refractivity contribution in [3.8, 4) is 23.1 Å². The van der Waals surface area contributed by atoms with Crippen molar-refractivity contribution in [1.29, 1.82) is 5.26 Å². The third-order valence-electron chi connectivity index (χ3n) is 3.06. The highest BCUT2D eigenvalue weighted by molar-refractivity contribution is 7.80. The number of hydrogen-bond donors (Lipinski definition) is 2. The van der Waals surface area contributed by atoms with Gasteiger partial charge in [-0.2, -0.15) is 5.26 Å². The number of aliphatic hydroxyl groups is 1. The van der Waals surface area contributed by atoms with E-state index in [0.717, 1.165) is 5.56 Å². The molecule has 0 aliphatic rings. The summed E-state index contributed by atoms with van der Waals surface area (Å²) in [5, 5.41) is 18.7. The Morgan fingerprint density at radius 1 is 1.45 bits per heavy atom. The van der Waals surface area contributed by atoms with E-state index in [9.17, 15) is 5.11 Å². The summed E-state index contributed by atoms with van der Waals surface area (Å²) in [6.07, 6.45) is 0. The lowest BCUT2D eigenvalue weighted by Crippen LogP contribution is -2.01. The van der Waals surface area contributed by atoms with Crippen LogP contribution in [0.2, 0.25) is 0 Å². The summed E-state index contributed by atoms with van der Waals surface area (Å²) < 4.78 is 5.19. The van der Waals surface area contributed by atoms with Crippen molar-refractivity contribution in [2.75, 3.05) is 7.11 Å². The van der Waals surface area contributed by atoms with Crippen LogP contribution in [-0.4, -0.2) is 17.2 Å². The molecule has 2 aromatic rings. The van der Waals surface area contributed by atoms with Crippen LogP contribution in [0, 0.1) is 18.3 Å². The molecule has 0 spiro atoms. The van der Waals surface area contributed by atoms with Crippen LogP contribution < -0.4 is 4.74 Å². The molecular weight excluding hydrogens is 272 g/mol. The number of aryl methyl sites for hydroxylation is 1. The molecule has 0 bridgehead atoms. The molecule has 5 heteroatoms. The average Bonchev–Trinajstić information content (AvgIpc) is 2.47. The molecule has 1 aromatic heterocycles. The number of aliphatic hydroxyl groups excluding tert-OH is 1. The standard InChI is InChI=1S/C15H14N2O2S/c1-9-12(7-16)15(20)13(8-18)14(17-9)10-4-3-5-11(6-10)19-2/h3-6,18H,8H2,1-2H3,(H,17,20). The molecule has 4 nitrogen and oxygen atoms in total. The monoisotopic (exact) mass is 286 g/mol. The predicted molar refractivity (Wildman–Crippen MR) is 78.9 cm³/mol. The maximum Gasteiger partial charge on any atom is 0.119 e. The topological polar surface area (TPSA) is 66.1 Å². The normalized spacial score (nSPS) is 10.2. The number of hydrogen-bond acceptors (Lipinski definition) is 5. The first kappa shape index (κ1) is 14.4. The van der Waals surface area contributed by atoms with E-state index in [1.54, 1.807) is 14.0 Å². The van der Waals surface area contributed by atoms with Gasteiger partial charge < -0.3 is 9.84 Å². The van der Waals surface area contributed by atoms with Crippen LogP contribution in [0.25, 0.3) is 11.3 Å². The molecule has 20 heavy (non-hydrogen) atoms. The number of nitrogens with zero attached hydrogens (tertiary/aromatic N) is 2. The third kappa shape index (κ3) is 2.48. The summed E-state index contributed by atoms with van der Waals surface area (Å²) in [4.78, 5) is 4.91. The molecule has 0 amide bonds. The summed E-state index contributed by atoms with van der Waals surface area (Å²) in [7, 11) is 1.59. The van der Waals surface area contributed by atoms with Crippen LogP contribution in [0.3, 0.4) is 0 Å². The summed E-state index contributed by atoms with van der Waals surface area (Å²) in [6.45, 7) is 1.52. The number of ether oxygens (including phenoxy) is 1. The second-order valence-electron chi connectivity index (χ2n) is 4.25. The molecular formula is C15H14N2O2S. The second-order valence-corrected chi connectivity index (χ2v) is 4.70. The molecule has 0 saturated carbocycles. The maximum absolute atomic E-state index is 9.57. The number of benzene rings is 1. The summed E-state index contributed by atoms with van der Waals surface area (Å²) >= 11 is 4.36. The van der Waals surface area contributed by atoms with Gasteiger partial charge in [0.1, 0.15) is 11.8 Å². The van der Waals surface area contributed by atoms with Crippen molar-refractivity contribution in [1.82, 2.24) is 4.98 Å². The van der Waals surface area contributed by atoms with Gasteiger partial charge in [0.15, 0.2) is 0 Å². The highest BCUT2D eigenvalue weighted by Gasteiger charge is 2.16. The van der Waals surface area contributed by atoms with E-state index in [-0.39, 0.29) is 6.61 Å². The van der Waals surface area contributed by atoms with Crippen LogP contribution in [0.4, 0.5) is 0 Å². The first-order valence-electron chi connectivity index (χ1n) is 6.00. The lowest BCUT2D eigenvalue weighted by molar-refractivity contribution is 0.279. The van der Waals surface area contributed by atoms with Crippen molar-refractivity contribution in [3.05, 3.63) is 41.1 Å². The van der Waals surface area contributed by atoms with E-state index in [4.69, 9.17) is 10.00 Å². The first-order valence-corrected chi connectivity index (χ1v) is 6.45. The van der Waals surface area contributed by atoms with Gasteiger partial charge in [-0.25, -0.2) is 0 Å². The second kappa shape index (κ2) is 5.95. The molecule has 0 aliphatic heterocycles. The Hall–Kier alpha value is -2.03. The molecule has 2 rings (SSSR count). The van der Waals surface area contributed by atoms with Crippen molar-refractivity contribution in [3.63, 3.8) is 0 Å². The quantitative estimate of drug-likeness (QED) is 0.851. The van der Waals surface area contributed by atoms with Crippen LogP contribution in [0.15, 0.2) is 29.2 Å². The fraction of sp³-hybridized carbons (Fsp3) is 0.200. The smallest absolute Gasteiger partial charge is 0.119 e. The zero-order chi connectivity index (χ0) is 14.7. The summed E-state index contributed by atoms with van der Waals surface area (Å²) in [5.41, 5.74) is 2.96. The maximum atomic E-state index is 9.57. The molecule has 0 radical (unpaired) electrons. The van der Waals surface area contributed by atoms with E-state index in [2.05, 4.69) is 23.7 Å². The van der Waals surface area contributed by atoms with Crippen LogP contribution in [-0.2, 0) is 6.61 Å².